The number of hydrogen-bond donors (Lipinski definition) is 2. The molecule has 1 aromatic heterocycles. The summed E-state index contributed by atoms with van der Waals surface area (Å²) in [5.41, 5.74) is 0.0806. The predicted octanol–water partition coefficient (Wildman–Crippen LogP) is 1.81. The van der Waals surface area contributed by atoms with Crippen molar-refractivity contribution in [3.05, 3.63) is 17.0 Å². The predicted molar refractivity (Wildman–Crippen MR) is 78.7 cm³/mol. The lowest BCUT2D eigenvalue weighted by Gasteiger charge is -2.27. The molecule has 0 aromatic carbocycles. The van der Waals surface area contributed by atoms with Gasteiger partial charge in [-0.05, 0) is 27.4 Å². The lowest BCUT2D eigenvalue weighted by molar-refractivity contribution is 0.0459. The highest BCUT2D eigenvalue weighted by Gasteiger charge is 2.22. The average Bonchev–Trinajstić information content (AvgIpc) is 2.28. The Morgan fingerprint density at radius 1 is 1.42 bits per heavy atom. The molecule has 0 bridgehead atoms. The minimum atomic E-state index is -0.829. The van der Waals surface area contributed by atoms with Crippen molar-refractivity contribution in [3.63, 3.8) is 0 Å². The molecule has 0 saturated carbocycles. The molecular weight excluding hydrogens is 264 g/mol. The monoisotopic (exact) mass is 286 g/mol. The number of aliphatic hydroxyl groups is 1. The van der Waals surface area contributed by atoms with E-state index < -0.39 is 5.60 Å². The lowest BCUT2D eigenvalue weighted by Crippen LogP contribution is -2.43. The standard InChI is InChI=1S/C13H23ClN4O/c1-5-6-10-11(14)16-9-17-12(10)15-7-13(2,19)8-18(3)4/h9,19H,5-8H2,1-4H3,(H,15,16,17). The average molecular weight is 287 g/mol. The van der Waals surface area contributed by atoms with Gasteiger partial charge in [0, 0.05) is 18.7 Å². The third kappa shape index (κ3) is 5.30. The van der Waals surface area contributed by atoms with Crippen molar-refractivity contribution in [2.45, 2.75) is 32.3 Å². The number of nitrogens with zero attached hydrogens (tertiary/aromatic N) is 3. The third-order valence-electron chi connectivity index (χ3n) is 2.69. The van der Waals surface area contributed by atoms with Crippen LogP contribution in [0.3, 0.4) is 0 Å². The Bertz CT molecular complexity index is 410. The molecule has 1 atom stereocenters. The van der Waals surface area contributed by atoms with Crippen molar-refractivity contribution < 1.29 is 5.11 Å². The highest BCUT2D eigenvalue weighted by molar-refractivity contribution is 6.30. The van der Waals surface area contributed by atoms with Crippen LogP contribution in [0.2, 0.25) is 5.15 Å². The summed E-state index contributed by atoms with van der Waals surface area (Å²) >= 11 is 6.08. The summed E-state index contributed by atoms with van der Waals surface area (Å²) in [7, 11) is 3.86. The van der Waals surface area contributed by atoms with E-state index in [-0.39, 0.29) is 0 Å². The third-order valence-corrected chi connectivity index (χ3v) is 3.01. The minimum Gasteiger partial charge on any atom is -0.387 e. The van der Waals surface area contributed by atoms with E-state index in [2.05, 4.69) is 22.2 Å². The van der Waals surface area contributed by atoms with Crippen LogP contribution in [-0.4, -0.2) is 52.8 Å². The normalized spacial score (nSPS) is 14.5. The second-order valence-corrected chi connectivity index (χ2v) is 5.69. The van der Waals surface area contributed by atoms with E-state index in [9.17, 15) is 5.11 Å². The molecule has 0 amide bonds. The number of nitrogens with one attached hydrogen (secondary N) is 1. The summed E-state index contributed by atoms with van der Waals surface area (Å²) in [6.07, 6.45) is 3.22. The van der Waals surface area contributed by atoms with Crippen LogP contribution in [0.15, 0.2) is 6.33 Å². The van der Waals surface area contributed by atoms with Crippen molar-refractivity contribution in [3.8, 4) is 0 Å². The van der Waals surface area contributed by atoms with Gasteiger partial charge in [-0.3, -0.25) is 0 Å². The number of rotatable bonds is 7. The zero-order valence-electron chi connectivity index (χ0n) is 12.1. The van der Waals surface area contributed by atoms with Crippen LogP contribution in [0.1, 0.15) is 25.8 Å². The second-order valence-electron chi connectivity index (χ2n) is 5.33. The van der Waals surface area contributed by atoms with Gasteiger partial charge in [0.05, 0.1) is 5.60 Å². The summed E-state index contributed by atoms with van der Waals surface area (Å²) in [4.78, 5) is 10.1. The Kier molecular flexibility index (Phi) is 5.97. The van der Waals surface area contributed by atoms with Crippen LogP contribution >= 0.6 is 11.6 Å². The van der Waals surface area contributed by atoms with Gasteiger partial charge >= 0.3 is 0 Å². The van der Waals surface area contributed by atoms with E-state index in [0.717, 1.165) is 18.4 Å². The maximum absolute atomic E-state index is 10.3. The lowest BCUT2D eigenvalue weighted by atomic mass is 10.1. The molecule has 108 valence electrons. The number of anilines is 1. The smallest absolute Gasteiger partial charge is 0.137 e. The minimum absolute atomic E-state index is 0.412. The van der Waals surface area contributed by atoms with Crippen LogP contribution in [0.5, 0.6) is 0 Å². The van der Waals surface area contributed by atoms with Gasteiger partial charge in [0.25, 0.3) is 0 Å². The van der Waals surface area contributed by atoms with E-state index in [1.165, 1.54) is 6.33 Å². The molecule has 0 fully saturated rings. The molecule has 19 heavy (non-hydrogen) atoms. The van der Waals surface area contributed by atoms with Crippen molar-refractivity contribution in [2.75, 3.05) is 32.5 Å². The fraction of sp³-hybridized carbons (Fsp3) is 0.692. The summed E-state index contributed by atoms with van der Waals surface area (Å²) in [6, 6.07) is 0. The molecule has 0 radical (unpaired) electrons. The van der Waals surface area contributed by atoms with Gasteiger partial charge in [-0.25, -0.2) is 9.97 Å². The maximum atomic E-state index is 10.3. The van der Waals surface area contributed by atoms with Crippen LogP contribution < -0.4 is 5.32 Å². The van der Waals surface area contributed by atoms with Gasteiger partial charge in [-0.2, -0.15) is 0 Å². The highest BCUT2D eigenvalue weighted by Crippen LogP contribution is 2.22. The maximum Gasteiger partial charge on any atom is 0.137 e. The van der Waals surface area contributed by atoms with Gasteiger partial charge < -0.3 is 15.3 Å². The number of likely N-dealkylation sites (N-methyl/N-ethyl adjacent to an activating group) is 1. The molecule has 0 saturated heterocycles. The van der Waals surface area contributed by atoms with Crippen molar-refractivity contribution in [1.29, 1.82) is 0 Å². The summed E-state index contributed by atoms with van der Waals surface area (Å²) in [5, 5.41) is 13.9. The second kappa shape index (κ2) is 7.03. The number of hydrogen-bond acceptors (Lipinski definition) is 5. The van der Waals surface area contributed by atoms with Gasteiger partial charge in [0.2, 0.25) is 0 Å². The van der Waals surface area contributed by atoms with Gasteiger partial charge in [-0.15, -0.1) is 0 Å². The molecule has 1 heterocycles. The van der Waals surface area contributed by atoms with E-state index >= 15 is 0 Å². The first kappa shape index (κ1) is 16.1. The molecule has 1 unspecified atom stereocenters. The molecular formula is C13H23ClN4O. The Labute approximate surface area is 120 Å². The molecule has 1 aromatic rings. The highest BCUT2D eigenvalue weighted by atomic mass is 35.5. The molecule has 6 heteroatoms. The SMILES string of the molecule is CCCc1c(Cl)ncnc1NCC(C)(O)CN(C)C. The van der Waals surface area contributed by atoms with Crippen LogP contribution in [0.4, 0.5) is 5.82 Å². The van der Waals surface area contributed by atoms with Crippen molar-refractivity contribution >= 4 is 17.4 Å². The number of halogens is 1. The first-order valence-corrected chi connectivity index (χ1v) is 6.84. The zero-order chi connectivity index (χ0) is 14.5. The molecule has 0 aliphatic carbocycles. The van der Waals surface area contributed by atoms with Crippen molar-refractivity contribution in [2.24, 2.45) is 0 Å². The fourth-order valence-electron chi connectivity index (χ4n) is 2.03. The van der Waals surface area contributed by atoms with Gasteiger partial charge in [0.1, 0.15) is 17.3 Å². The van der Waals surface area contributed by atoms with Crippen LogP contribution in [0.25, 0.3) is 0 Å². The van der Waals surface area contributed by atoms with E-state index in [0.29, 0.717) is 24.1 Å². The fourth-order valence-corrected chi connectivity index (χ4v) is 2.25. The number of aromatic nitrogens is 2. The Balaban J connectivity index is 2.74. The van der Waals surface area contributed by atoms with Crippen LogP contribution in [-0.2, 0) is 6.42 Å². The molecule has 0 spiro atoms. The van der Waals surface area contributed by atoms with Gasteiger partial charge in [0.15, 0.2) is 0 Å². The Hall–Kier alpha value is -0.910. The van der Waals surface area contributed by atoms with E-state index in [1.807, 2.05) is 19.0 Å². The summed E-state index contributed by atoms with van der Waals surface area (Å²) in [6.45, 7) is 4.86. The van der Waals surface area contributed by atoms with E-state index in [1.54, 1.807) is 6.92 Å². The molecule has 2 N–H and O–H groups in total. The Morgan fingerprint density at radius 3 is 2.68 bits per heavy atom. The molecule has 1 rings (SSSR count). The zero-order valence-corrected chi connectivity index (χ0v) is 12.8. The first-order valence-electron chi connectivity index (χ1n) is 6.46. The largest absolute Gasteiger partial charge is 0.387 e. The van der Waals surface area contributed by atoms with Gasteiger partial charge in [-0.1, -0.05) is 24.9 Å². The van der Waals surface area contributed by atoms with E-state index in [4.69, 9.17) is 11.6 Å². The quantitative estimate of drug-likeness (QED) is 0.749. The summed E-state index contributed by atoms with van der Waals surface area (Å²) < 4.78 is 0. The topological polar surface area (TPSA) is 61.3 Å². The molecule has 0 aliphatic heterocycles. The van der Waals surface area contributed by atoms with Crippen LogP contribution in [0, 0.1) is 0 Å². The molecule has 0 aliphatic rings. The Morgan fingerprint density at radius 2 is 2.11 bits per heavy atom. The summed E-state index contributed by atoms with van der Waals surface area (Å²) in [5.74, 6) is 0.709. The molecule has 5 nitrogen and oxygen atoms in total. The first-order chi connectivity index (χ1) is 8.85. The van der Waals surface area contributed by atoms with Crippen molar-refractivity contribution in [1.82, 2.24) is 14.9 Å².